The number of nitrogens with zero attached hydrogens (tertiary/aromatic N) is 2. The van der Waals surface area contributed by atoms with Gasteiger partial charge in [0.25, 0.3) is 5.91 Å². The molecule has 0 saturated heterocycles. The number of aromatic hydroxyl groups is 1. The molecule has 0 aromatic heterocycles. The quantitative estimate of drug-likeness (QED) is 0.183. The zero-order valence-electron chi connectivity index (χ0n) is 16.3. The molecular weight excluding hydrogens is 456 g/mol. The van der Waals surface area contributed by atoms with E-state index in [0.717, 1.165) is 12.1 Å². The van der Waals surface area contributed by atoms with Crippen LogP contribution in [0.4, 0.5) is 18.9 Å². The highest BCUT2D eigenvalue weighted by Gasteiger charge is 2.30. The first-order valence-electron chi connectivity index (χ1n) is 8.80. The molecule has 3 N–H and O–H groups in total. The van der Waals surface area contributed by atoms with Crippen molar-refractivity contribution in [2.75, 3.05) is 19.0 Å². The number of rotatable bonds is 6. The number of aliphatic imine (C=N–C) groups is 1. The van der Waals surface area contributed by atoms with E-state index in [2.05, 4.69) is 22.4 Å². The van der Waals surface area contributed by atoms with Gasteiger partial charge in [-0.2, -0.15) is 13.2 Å². The summed E-state index contributed by atoms with van der Waals surface area (Å²) in [6.45, 7) is 3.57. The van der Waals surface area contributed by atoms with Crippen molar-refractivity contribution in [2.24, 2.45) is 4.99 Å². The van der Waals surface area contributed by atoms with E-state index in [9.17, 15) is 23.1 Å². The first-order valence-corrected chi connectivity index (χ1v) is 9.55. The van der Waals surface area contributed by atoms with Crippen LogP contribution in [0.1, 0.15) is 11.1 Å². The first kappa shape index (κ1) is 24.4. The molecule has 0 fully saturated rings. The van der Waals surface area contributed by atoms with Gasteiger partial charge in [-0.25, -0.2) is 0 Å². The zero-order valence-corrected chi connectivity index (χ0v) is 17.8. The number of alkyl halides is 3. The molecule has 0 unspecified atom stereocenters. The second-order valence-electron chi connectivity index (χ2n) is 6.28. The van der Waals surface area contributed by atoms with Crippen LogP contribution in [0.2, 0.25) is 10.0 Å². The molecule has 2 aromatic carbocycles. The van der Waals surface area contributed by atoms with Gasteiger partial charge in [-0.1, -0.05) is 41.4 Å². The topological polar surface area (TPSA) is 77.0 Å². The predicted molar refractivity (Wildman–Crippen MR) is 115 cm³/mol. The van der Waals surface area contributed by atoms with Gasteiger partial charge in [0, 0.05) is 20.1 Å². The minimum absolute atomic E-state index is 0.00376. The Kier molecular flexibility index (Phi) is 8.18. The number of benzene rings is 2. The van der Waals surface area contributed by atoms with Crippen molar-refractivity contribution in [1.82, 2.24) is 10.3 Å². The number of halogens is 5. The van der Waals surface area contributed by atoms with Gasteiger partial charge in [0.2, 0.25) is 5.84 Å². The Hall–Kier alpha value is -2.91. The molecule has 2 aromatic rings. The zero-order chi connectivity index (χ0) is 23.2. The van der Waals surface area contributed by atoms with Crippen LogP contribution in [0, 0.1) is 0 Å². The molecule has 0 aliphatic rings. The number of hydrogen-bond acceptors (Lipinski definition) is 4. The summed E-state index contributed by atoms with van der Waals surface area (Å²) in [6.07, 6.45) is -3.04. The van der Waals surface area contributed by atoms with E-state index in [1.165, 1.54) is 42.3 Å². The van der Waals surface area contributed by atoms with E-state index < -0.39 is 17.6 Å². The molecule has 0 aliphatic carbocycles. The standard InChI is InChI=1S/C20H19Cl2F3N4O2/c1-3-7-29(11-12-5-4-6-13(8-12)20(23,24)25)19(31)18(26-2)28-27-14-9-15(21)17(30)16(22)10-14/h3-6,8-10,27,30H,1,7,11H2,2H3,(H,26,28). The second-order valence-corrected chi connectivity index (χ2v) is 7.10. The minimum atomic E-state index is -4.49. The highest BCUT2D eigenvalue weighted by molar-refractivity contribution is 6.38. The fourth-order valence-corrected chi connectivity index (χ4v) is 3.05. The Labute approximate surface area is 187 Å². The number of hydrazine groups is 1. The third kappa shape index (κ3) is 6.53. The average molecular weight is 475 g/mol. The van der Waals surface area contributed by atoms with Crippen molar-refractivity contribution < 1.29 is 23.1 Å². The van der Waals surface area contributed by atoms with E-state index >= 15 is 0 Å². The van der Waals surface area contributed by atoms with Crippen molar-refractivity contribution in [3.05, 3.63) is 70.2 Å². The van der Waals surface area contributed by atoms with Crippen LogP contribution in [-0.2, 0) is 17.5 Å². The fourth-order valence-electron chi connectivity index (χ4n) is 2.57. The summed E-state index contributed by atoms with van der Waals surface area (Å²) in [5.41, 5.74) is 5.14. The molecule has 11 heteroatoms. The number of amidine groups is 1. The molecule has 0 spiro atoms. The predicted octanol–water partition coefficient (Wildman–Crippen LogP) is 4.88. The second kappa shape index (κ2) is 10.4. The number of phenolic OH excluding ortho intramolecular Hbond substituents is 1. The summed E-state index contributed by atoms with van der Waals surface area (Å²) in [7, 11) is 1.37. The van der Waals surface area contributed by atoms with E-state index in [0.29, 0.717) is 11.3 Å². The maximum absolute atomic E-state index is 13.0. The SMILES string of the molecule is C=CCN(Cc1cccc(C(F)(F)F)c1)C(=O)C(=NC)NNc1cc(Cl)c(O)c(Cl)c1. The summed E-state index contributed by atoms with van der Waals surface area (Å²) in [5, 5.41) is 9.60. The van der Waals surface area contributed by atoms with Gasteiger partial charge in [-0.3, -0.25) is 20.6 Å². The number of phenols is 1. The van der Waals surface area contributed by atoms with Gasteiger partial charge < -0.3 is 10.0 Å². The van der Waals surface area contributed by atoms with Gasteiger partial charge in [0.1, 0.15) is 0 Å². The fraction of sp³-hybridized carbons (Fsp3) is 0.200. The highest BCUT2D eigenvalue weighted by Crippen LogP contribution is 2.34. The number of hydrogen-bond donors (Lipinski definition) is 3. The number of amides is 1. The van der Waals surface area contributed by atoms with Gasteiger partial charge in [0.05, 0.1) is 21.3 Å². The lowest BCUT2D eigenvalue weighted by atomic mass is 10.1. The molecule has 0 aliphatic heterocycles. The van der Waals surface area contributed by atoms with Crippen LogP contribution in [0.3, 0.4) is 0 Å². The van der Waals surface area contributed by atoms with E-state index in [-0.39, 0.29) is 34.7 Å². The molecular formula is C20H19Cl2F3N4O2. The largest absolute Gasteiger partial charge is 0.505 e. The molecule has 6 nitrogen and oxygen atoms in total. The average Bonchev–Trinajstić information content (AvgIpc) is 2.71. The lowest BCUT2D eigenvalue weighted by molar-refractivity contribution is -0.137. The molecule has 0 saturated carbocycles. The molecule has 2 rings (SSSR count). The van der Waals surface area contributed by atoms with Crippen LogP contribution in [0.5, 0.6) is 5.75 Å². The molecule has 1 amide bonds. The first-order chi connectivity index (χ1) is 14.6. The van der Waals surface area contributed by atoms with Crippen LogP contribution >= 0.6 is 23.2 Å². The van der Waals surface area contributed by atoms with Crippen LogP contribution in [-0.4, -0.2) is 35.3 Å². The van der Waals surface area contributed by atoms with Crippen molar-refractivity contribution >= 4 is 40.6 Å². The smallest absolute Gasteiger partial charge is 0.416 e. The Morgan fingerprint density at radius 2 is 1.90 bits per heavy atom. The maximum atomic E-state index is 13.0. The molecule has 166 valence electrons. The lowest BCUT2D eigenvalue weighted by Crippen LogP contribution is -2.44. The summed E-state index contributed by atoms with van der Waals surface area (Å²) in [5.74, 6) is -0.981. The summed E-state index contributed by atoms with van der Waals surface area (Å²) < 4.78 is 38.9. The summed E-state index contributed by atoms with van der Waals surface area (Å²) in [6, 6.07) is 7.46. The number of carbonyl (C=O) groups is 1. The molecule has 31 heavy (non-hydrogen) atoms. The maximum Gasteiger partial charge on any atom is 0.416 e. The van der Waals surface area contributed by atoms with Gasteiger partial charge in [-0.15, -0.1) is 6.58 Å². The monoisotopic (exact) mass is 474 g/mol. The normalized spacial score (nSPS) is 11.7. The van der Waals surface area contributed by atoms with Gasteiger partial charge in [0.15, 0.2) is 5.75 Å². The third-order valence-electron chi connectivity index (χ3n) is 4.03. The van der Waals surface area contributed by atoms with Crippen LogP contribution in [0.15, 0.2) is 54.0 Å². The van der Waals surface area contributed by atoms with E-state index in [1.54, 1.807) is 0 Å². The number of anilines is 1. The minimum Gasteiger partial charge on any atom is -0.505 e. The van der Waals surface area contributed by atoms with Crippen LogP contribution in [0.25, 0.3) is 0 Å². The van der Waals surface area contributed by atoms with Crippen molar-refractivity contribution in [3.63, 3.8) is 0 Å². The van der Waals surface area contributed by atoms with Gasteiger partial charge >= 0.3 is 6.18 Å². The summed E-state index contributed by atoms with van der Waals surface area (Å²) >= 11 is 11.7. The van der Waals surface area contributed by atoms with E-state index in [4.69, 9.17) is 23.2 Å². The lowest BCUT2D eigenvalue weighted by Gasteiger charge is -2.23. The van der Waals surface area contributed by atoms with Crippen molar-refractivity contribution in [2.45, 2.75) is 12.7 Å². The highest BCUT2D eigenvalue weighted by atomic mass is 35.5. The molecule has 0 bridgehead atoms. The van der Waals surface area contributed by atoms with E-state index in [1.807, 2.05) is 0 Å². The molecule has 0 atom stereocenters. The van der Waals surface area contributed by atoms with Gasteiger partial charge in [-0.05, 0) is 29.8 Å². The molecule has 0 heterocycles. The Balaban J connectivity index is 2.16. The Morgan fingerprint density at radius 3 is 2.45 bits per heavy atom. The third-order valence-corrected chi connectivity index (χ3v) is 4.61. The number of carbonyl (C=O) groups excluding carboxylic acids is 1. The molecule has 0 radical (unpaired) electrons. The van der Waals surface area contributed by atoms with Crippen molar-refractivity contribution in [3.8, 4) is 5.75 Å². The Morgan fingerprint density at radius 1 is 1.26 bits per heavy atom. The Bertz CT molecular complexity index is 974. The number of nitrogens with one attached hydrogen (secondary N) is 2. The summed E-state index contributed by atoms with van der Waals surface area (Å²) in [4.78, 5) is 18.1. The van der Waals surface area contributed by atoms with Crippen LogP contribution < -0.4 is 10.9 Å². The van der Waals surface area contributed by atoms with Crippen molar-refractivity contribution in [1.29, 1.82) is 0 Å².